The Balaban J connectivity index is 1.40. The first kappa shape index (κ1) is 35.7. The Morgan fingerprint density at radius 2 is 1.45 bits per heavy atom. The lowest BCUT2D eigenvalue weighted by Gasteiger charge is -2.38. The third kappa shape index (κ3) is 7.36. The van der Waals surface area contributed by atoms with Crippen LogP contribution in [0.2, 0.25) is 0 Å². The number of hydrogen-bond acceptors (Lipinski definition) is 6. The van der Waals surface area contributed by atoms with Gasteiger partial charge in [0.25, 0.3) is 5.91 Å². The van der Waals surface area contributed by atoms with Crippen molar-refractivity contribution in [1.29, 1.82) is 0 Å². The summed E-state index contributed by atoms with van der Waals surface area (Å²) < 4.78 is 8.12. The number of hydrogen-bond donors (Lipinski definition) is 3. The fourth-order valence-electron chi connectivity index (χ4n) is 7.06. The Hall–Kier alpha value is -5.64. The van der Waals surface area contributed by atoms with E-state index in [2.05, 4.69) is 57.4 Å². The van der Waals surface area contributed by atoms with Gasteiger partial charge in [-0.25, -0.2) is 9.97 Å². The molecule has 53 heavy (non-hydrogen) atoms. The van der Waals surface area contributed by atoms with Gasteiger partial charge in [0.15, 0.2) is 5.65 Å². The van der Waals surface area contributed by atoms with Gasteiger partial charge in [-0.15, -0.1) is 0 Å². The molecule has 7 aromatic rings. The van der Waals surface area contributed by atoms with E-state index in [0.717, 1.165) is 46.0 Å². The van der Waals surface area contributed by atoms with Crippen LogP contribution in [0.1, 0.15) is 80.1 Å². The lowest BCUT2D eigenvalue weighted by molar-refractivity contribution is 0.0920. The van der Waals surface area contributed by atoms with Gasteiger partial charge in [-0.2, -0.15) is 5.10 Å². The summed E-state index contributed by atoms with van der Waals surface area (Å²) in [6, 6.07) is 37.2. The van der Waals surface area contributed by atoms with Crippen LogP contribution in [0.4, 0.5) is 0 Å². The summed E-state index contributed by atoms with van der Waals surface area (Å²) in [5.41, 5.74) is 12.2. The SMILES string of the molecule is CC(C)(N)CCCOCc1ccc2[nH]nc(-c3cnc4c(n3)c(C(=O)NC(C)(C)C)cn4C(c3ccccc3)(c3ccccc3)c3ccccc3)c2c1. The lowest BCUT2D eigenvalue weighted by atomic mass is 9.76. The topological polar surface area (TPSA) is 124 Å². The summed E-state index contributed by atoms with van der Waals surface area (Å²) >= 11 is 0. The number of aromatic amines is 1. The maximum Gasteiger partial charge on any atom is 0.255 e. The highest BCUT2D eigenvalue weighted by atomic mass is 16.5. The molecule has 3 heterocycles. The summed E-state index contributed by atoms with van der Waals surface area (Å²) in [4.78, 5) is 24.6. The Labute approximate surface area is 310 Å². The van der Waals surface area contributed by atoms with Crippen LogP contribution >= 0.6 is 0 Å². The Morgan fingerprint density at radius 3 is 2.02 bits per heavy atom. The number of fused-ring (bicyclic) bond motifs is 2. The van der Waals surface area contributed by atoms with Gasteiger partial charge in [-0.05, 0) is 81.8 Å². The predicted octanol–water partition coefficient (Wildman–Crippen LogP) is 8.38. The van der Waals surface area contributed by atoms with Crippen molar-refractivity contribution in [2.45, 2.75) is 70.7 Å². The van der Waals surface area contributed by atoms with Crippen LogP contribution in [0.5, 0.6) is 0 Å². The number of nitrogens with two attached hydrogens (primary N) is 1. The highest BCUT2D eigenvalue weighted by Gasteiger charge is 2.41. The first-order valence-electron chi connectivity index (χ1n) is 18.2. The minimum absolute atomic E-state index is 0.212. The largest absolute Gasteiger partial charge is 0.377 e. The minimum atomic E-state index is -0.897. The van der Waals surface area contributed by atoms with Crippen LogP contribution in [-0.4, -0.2) is 48.3 Å². The van der Waals surface area contributed by atoms with E-state index in [1.54, 1.807) is 6.20 Å². The van der Waals surface area contributed by atoms with Crippen molar-refractivity contribution in [2.75, 3.05) is 6.61 Å². The van der Waals surface area contributed by atoms with Crippen LogP contribution in [0.3, 0.4) is 0 Å². The molecule has 0 saturated heterocycles. The molecule has 0 saturated carbocycles. The summed E-state index contributed by atoms with van der Waals surface area (Å²) in [5, 5.41) is 11.9. The first-order chi connectivity index (χ1) is 25.4. The number of rotatable bonds is 12. The quantitative estimate of drug-likeness (QED) is 0.0867. The van der Waals surface area contributed by atoms with Gasteiger partial charge < -0.3 is 20.4 Å². The molecule has 0 aliphatic carbocycles. The second-order valence-corrected chi connectivity index (χ2v) is 15.4. The van der Waals surface area contributed by atoms with Crippen molar-refractivity contribution in [3.63, 3.8) is 0 Å². The van der Waals surface area contributed by atoms with Crippen molar-refractivity contribution in [3.8, 4) is 11.4 Å². The van der Waals surface area contributed by atoms with E-state index >= 15 is 0 Å². The number of carbonyl (C=O) groups is 1. The number of amides is 1. The zero-order valence-corrected chi connectivity index (χ0v) is 31.1. The fraction of sp³-hybridized carbons (Fsp3) is 0.273. The molecular formula is C44H47N7O2. The van der Waals surface area contributed by atoms with Crippen molar-refractivity contribution in [3.05, 3.63) is 149 Å². The maximum atomic E-state index is 14.2. The molecule has 0 unspecified atom stereocenters. The Bertz CT molecular complexity index is 2240. The highest BCUT2D eigenvalue weighted by Crippen LogP contribution is 2.43. The van der Waals surface area contributed by atoms with E-state index in [1.807, 2.05) is 108 Å². The Kier molecular flexibility index (Phi) is 9.72. The monoisotopic (exact) mass is 705 g/mol. The van der Waals surface area contributed by atoms with Gasteiger partial charge >= 0.3 is 0 Å². The number of H-pyrrole nitrogens is 1. The molecule has 4 aromatic carbocycles. The second kappa shape index (κ2) is 14.4. The number of carbonyl (C=O) groups excluding carboxylic acids is 1. The highest BCUT2D eigenvalue weighted by molar-refractivity contribution is 6.06. The van der Waals surface area contributed by atoms with Crippen LogP contribution in [0.15, 0.2) is 122 Å². The van der Waals surface area contributed by atoms with E-state index in [0.29, 0.717) is 41.3 Å². The number of nitrogens with one attached hydrogen (secondary N) is 2. The van der Waals surface area contributed by atoms with Crippen LogP contribution in [0, 0.1) is 0 Å². The van der Waals surface area contributed by atoms with Gasteiger partial charge in [0, 0.05) is 29.3 Å². The molecule has 0 aliphatic heterocycles. The maximum absolute atomic E-state index is 14.2. The van der Waals surface area contributed by atoms with Crippen LogP contribution in [-0.2, 0) is 16.9 Å². The normalized spacial score (nSPS) is 12.4. The van der Waals surface area contributed by atoms with Crippen molar-refractivity contribution in [1.82, 2.24) is 30.0 Å². The molecule has 4 N–H and O–H groups in total. The van der Waals surface area contributed by atoms with Gasteiger partial charge in [0.05, 0.1) is 23.9 Å². The van der Waals surface area contributed by atoms with Crippen molar-refractivity contribution in [2.24, 2.45) is 5.73 Å². The molecule has 9 nitrogen and oxygen atoms in total. The standard InChI is InChI=1S/C44H47N7O2/c1-42(2,3)48-41(52)35-28-51(44(31-16-9-6-10-17-31,32-18-11-7-12-19-32)33-20-13-8-14-21-33)40-39(35)47-37(27-46-40)38-34-26-30(22-23-36(34)49-50-38)29-53-25-15-24-43(4,5)45/h6-14,16-23,26-28H,15,24-25,29,45H2,1-5H3,(H,48,52)(H,49,50). The number of nitrogens with zero attached hydrogens (tertiary/aromatic N) is 4. The molecule has 9 heteroatoms. The van der Waals surface area contributed by atoms with Gasteiger partial charge in [0.1, 0.15) is 22.4 Å². The average Bonchev–Trinajstić information content (AvgIpc) is 3.74. The van der Waals surface area contributed by atoms with Gasteiger partial charge in [-0.1, -0.05) is 97.1 Å². The second-order valence-electron chi connectivity index (χ2n) is 15.4. The van der Waals surface area contributed by atoms with E-state index in [1.165, 1.54) is 0 Å². The van der Waals surface area contributed by atoms with Crippen molar-refractivity contribution >= 4 is 28.0 Å². The van der Waals surface area contributed by atoms with E-state index < -0.39 is 11.1 Å². The summed E-state index contributed by atoms with van der Waals surface area (Å²) in [7, 11) is 0. The molecule has 0 fully saturated rings. The average molecular weight is 706 g/mol. The first-order valence-corrected chi connectivity index (χ1v) is 18.2. The molecule has 270 valence electrons. The fourth-order valence-corrected chi connectivity index (χ4v) is 7.06. The molecule has 1 amide bonds. The molecule has 7 rings (SSSR count). The summed E-state index contributed by atoms with van der Waals surface area (Å²) in [6.07, 6.45) is 5.44. The lowest BCUT2D eigenvalue weighted by Crippen LogP contribution is -2.40. The van der Waals surface area contributed by atoms with Gasteiger partial charge in [-0.3, -0.25) is 9.89 Å². The zero-order valence-electron chi connectivity index (χ0n) is 31.1. The number of ether oxygens (including phenoxy) is 1. The molecule has 0 spiro atoms. The third-order valence-corrected chi connectivity index (χ3v) is 9.41. The summed E-state index contributed by atoms with van der Waals surface area (Å²) in [5.74, 6) is -0.236. The van der Waals surface area contributed by atoms with Crippen LogP contribution in [0.25, 0.3) is 33.5 Å². The molecule has 0 radical (unpaired) electrons. The smallest absolute Gasteiger partial charge is 0.255 e. The number of benzene rings is 4. The van der Waals surface area contributed by atoms with E-state index in [9.17, 15) is 4.79 Å². The molecule has 3 aromatic heterocycles. The predicted molar refractivity (Wildman–Crippen MR) is 212 cm³/mol. The molecule has 0 aliphatic rings. The van der Waals surface area contributed by atoms with Gasteiger partial charge in [0.2, 0.25) is 0 Å². The summed E-state index contributed by atoms with van der Waals surface area (Å²) in [6.45, 7) is 11.1. The van der Waals surface area contributed by atoms with E-state index in [4.69, 9.17) is 25.5 Å². The molecule has 0 bridgehead atoms. The minimum Gasteiger partial charge on any atom is -0.377 e. The Morgan fingerprint density at radius 1 is 0.849 bits per heavy atom. The van der Waals surface area contributed by atoms with E-state index in [-0.39, 0.29) is 11.4 Å². The van der Waals surface area contributed by atoms with Crippen LogP contribution < -0.4 is 11.1 Å². The van der Waals surface area contributed by atoms with Crippen molar-refractivity contribution < 1.29 is 9.53 Å². The third-order valence-electron chi connectivity index (χ3n) is 9.41. The molecule has 0 atom stereocenters. The number of aromatic nitrogens is 5. The zero-order chi connectivity index (χ0) is 37.2. The molecular weight excluding hydrogens is 659 g/mol.